The van der Waals surface area contributed by atoms with E-state index in [-0.39, 0.29) is 16.9 Å². The molecule has 100 valence electrons. The highest BCUT2D eigenvalue weighted by Gasteiger charge is 2.13. The van der Waals surface area contributed by atoms with Crippen LogP contribution in [0.25, 0.3) is 11.1 Å². The van der Waals surface area contributed by atoms with Gasteiger partial charge in [0.15, 0.2) is 0 Å². The summed E-state index contributed by atoms with van der Waals surface area (Å²) in [6.07, 6.45) is 0.724. The van der Waals surface area contributed by atoms with Gasteiger partial charge in [0, 0.05) is 23.3 Å². The molecule has 0 unspecified atom stereocenters. The van der Waals surface area contributed by atoms with Crippen molar-refractivity contribution >= 4 is 0 Å². The average Bonchev–Trinajstić information content (AvgIpc) is 2.41. The molecule has 0 amide bonds. The van der Waals surface area contributed by atoms with E-state index < -0.39 is 17.2 Å². The lowest BCUT2D eigenvalue weighted by atomic mass is 10.1. The summed E-state index contributed by atoms with van der Waals surface area (Å²) in [5.74, 6) is -1.29. The molecule has 0 bridgehead atoms. The van der Waals surface area contributed by atoms with E-state index in [0.717, 1.165) is 18.3 Å². The second-order valence-corrected chi connectivity index (χ2v) is 3.69. The molecule has 0 saturated heterocycles. The van der Waals surface area contributed by atoms with Crippen LogP contribution in [0.5, 0.6) is 5.75 Å². The van der Waals surface area contributed by atoms with Gasteiger partial charge in [-0.05, 0) is 12.1 Å². The number of rotatable bonds is 3. The predicted octanol–water partition coefficient (Wildman–Crippen LogP) is 1.73. The van der Waals surface area contributed by atoms with Crippen LogP contribution in [-0.4, -0.2) is 17.0 Å². The van der Waals surface area contributed by atoms with Crippen LogP contribution in [0.15, 0.2) is 35.3 Å². The highest BCUT2D eigenvalue weighted by molar-refractivity contribution is 5.65. The lowest BCUT2D eigenvalue weighted by molar-refractivity contribution is 0.311. The van der Waals surface area contributed by atoms with Gasteiger partial charge in [0.05, 0.1) is 13.3 Å². The third-order valence-corrected chi connectivity index (χ3v) is 2.58. The molecule has 0 fully saturated rings. The molecular weight excluding hydrogens is 258 g/mol. The Kier molecular flexibility index (Phi) is 3.48. The zero-order chi connectivity index (χ0) is 14.0. The average molecular weight is 268 g/mol. The van der Waals surface area contributed by atoms with E-state index >= 15 is 0 Å². The van der Waals surface area contributed by atoms with Gasteiger partial charge in [0.2, 0.25) is 0 Å². The summed E-state index contributed by atoms with van der Waals surface area (Å²) in [5, 5.41) is 8.58. The molecule has 5 nitrogen and oxygen atoms in total. The van der Waals surface area contributed by atoms with Crippen molar-refractivity contribution in [3.63, 3.8) is 0 Å². The minimum absolute atomic E-state index is 0.0690. The van der Waals surface area contributed by atoms with Crippen molar-refractivity contribution in [2.24, 2.45) is 0 Å². The number of benzene rings is 1. The standard InChI is InChI=1S/C12H10F2N2O3/c1-19-7-2-3-8(10(13)4-7)9-5-12(17)16(15-18)6-11(9)14/h2-6,15,18H,1H3. The van der Waals surface area contributed by atoms with E-state index in [4.69, 9.17) is 9.94 Å². The number of hydrogen-bond donors (Lipinski definition) is 2. The fourth-order valence-electron chi connectivity index (χ4n) is 1.63. The first-order chi connectivity index (χ1) is 9.06. The molecule has 1 heterocycles. The normalized spacial score (nSPS) is 10.3. The van der Waals surface area contributed by atoms with Crippen LogP contribution in [0.2, 0.25) is 0 Å². The molecule has 7 heteroatoms. The molecule has 0 saturated carbocycles. The molecule has 0 atom stereocenters. The molecule has 0 aliphatic rings. The van der Waals surface area contributed by atoms with Gasteiger partial charge in [-0.15, -0.1) is 0 Å². The highest BCUT2D eigenvalue weighted by Crippen LogP contribution is 2.27. The first-order valence-electron chi connectivity index (χ1n) is 5.23. The second kappa shape index (κ2) is 5.07. The Balaban J connectivity index is 2.59. The summed E-state index contributed by atoms with van der Waals surface area (Å²) in [7, 11) is 1.38. The summed E-state index contributed by atoms with van der Waals surface area (Å²) in [4.78, 5) is 11.5. The molecule has 19 heavy (non-hydrogen) atoms. The zero-order valence-electron chi connectivity index (χ0n) is 9.85. The van der Waals surface area contributed by atoms with Crippen molar-refractivity contribution in [2.45, 2.75) is 0 Å². The molecule has 0 spiro atoms. The van der Waals surface area contributed by atoms with Gasteiger partial charge in [-0.1, -0.05) is 0 Å². The Bertz CT molecular complexity index is 671. The van der Waals surface area contributed by atoms with Gasteiger partial charge >= 0.3 is 0 Å². The van der Waals surface area contributed by atoms with Crippen LogP contribution >= 0.6 is 0 Å². The minimum atomic E-state index is -0.856. The first-order valence-corrected chi connectivity index (χ1v) is 5.23. The van der Waals surface area contributed by atoms with Gasteiger partial charge in [-0.25, -0.2) is 19.0 Å². The number of halogens is 2. The fraction of sp³-hybridized carbons (Fsp3) is 0.0833. The van der Waals surface area contributed by atoms with Gasteiger partial charge in [-0.2, -0.15) is 0 Å². The van der Waals surface area contributed by atoms with Crippen molar-refractivity contribution in [1.82, 2.24) is 4.68 Å². The second-order valence-electron chi connectivity index (χ2n) is 3.69. The van der Waals surface area contributed by atoms with E-state index in [2.05, 4.69) is 0 Å². The molecular formula is C12H10F2N2O3. The van der Waals surface area contributed by atoms with E-state index in [1.165, 1.54) is 24.8 Å². The topological polar surface area (TPSA) is 63.5 Å². The minimum Gasteiger partial charge on any atom is -0.497 e. The Morgan fingerprint density at radius 2 is 1.95 bits per heavy atom. The van der Waals surface area contributed by atoms with Crippen molar-refractivity contribution in [3.8, 4) is 16.9 Å². The van der Waals surface area contributed by atoms with Crippen molar-refractivity contribution in [1.29, 1.82) is 0 Å². The Morgan fingerprint density at radius 1 is 1.21 bits per heavy atom. The first kappa shape index (κ1) is 13.0. The van der Waals surface area contributed by atoms with E-state index in [1.54, 1.807) is 0 Å². The smallest absolute Gasteiger partial charge is 0.271 e. The van der Waals surface area contributed by atoms with Gasteiger partial charge in [0.1, 0.15) is 17.4 Å². The lowest BCUT2D eigenvalue weighted by Crippen LogP contribution is -2.26. The molecule has 0 aliphatic heterocycles. The summed E-state index contributed by atoms with van der Waals surface area (Å²) < 4.78 is 32.9. The van der Waals surface area contributed by atoms with Crippen LogP contribution < -0.4 is 15.9 Å². The third kappa shape index (κ3) is 2.41. The molecule has 2 N–H and O–H groups in total. The van der Waals surface area contributed by atoms with Crippen molar-refractivity contribution in [3.05, 3.63) is 52.5 Å². The quantitative estimate of drug-likeness (QED) is 0.832. The third-order valence-electron chi connectivity index (χ3n) is 2.58. The summed E-state index contributed by atoms with van der Waals surface area (Å²) >= 11 is 0. The molecule has 0 aliphatic carbocycles. The maximum atomic E-state index is 13.8. The Hall–Kier alpha value is -2.41. The number of methoxy groups -OCH3 is 1. The monoisotopic (exact) mass is 268 g/mol. The Morgan fingerprint density at radius 3 is 2.53 bits per heavy atom. The summed E-state index contributed by atoms with van der Waals surface area (Å²) in [6.45, 7) is 0. The van der Waals surface area contributed by atoms with Crippen LogP contribution in [0.4, 0.5) is 8.78 Å². The summed E-state index contributed by atoms with van der Waals surface area (Å²) in [6, 6.07) is 4.73. The van der Waals surface area contributed by atoms with E-state index in [0.29, 0.717) is 4.68 Å². The Labute approximate surface area is 106 Å². The molecule has 1 aromatic heterocycles. The number of nitrogens with one attached hydrogen (secondary N) is 1. The molecule has 2 rings (SSSR count). The van der Waals surface area contributed by atoms with Gasteiger partial charge < -0.3 is 4.74 Å². The van der Waals surface area contributed by atoms with Crippen molar-refractivity contribution < 1.29 is 18.7 Å². The van der Waals surface area contributed by atoms with Gasteiger partial charge in [-0.3, -0.25) is 10.0 Å². The van der Waals surface area contributed by atoms with Crippen LogP contribution in [0, 0.1) is 11.6 Å². The van der Waals surface area contributed by atoms with Crippen molar-refractivity contribution in [2.75, 3.05) is 12.7 Å². The number of ether oxygens (including phenoxy) is 1. The van der Waals surface area contributed by atoms with E-state index in [9.17, 15) is 13.6 Å². The van der Waals surface area contributed by atoms with Crippen LogP contribution in [-0.2, 0) is 0 Å². The number of pyridine rings is 1. The van der Waals surface area contributed by atoms with Gasteiger partial charge in [0.25, 0.3) is 5.56 Å². The summed E-state index contributed by atoms with van der Waals surface area (Å²) in [5.41, 5.74) is 0.504. The molecule has 0 radical (unpaired) electrons. The number of aromatic nitrogens is 1. The highest BCUT2D eigenvalue weighted by atomic mass is 19.1. The van der Waals surface area contributed by atoms with Crippen LogP contribution in [0.3, 0.4) is 0 Å². The lowest BCUT2D eigenvalue weighted by Gasteiger charge is -2.09. The maximum absolute atomic E-state index is 13.8. The largest absolute Gasteiger partial charge is 0.497 e. The SMILES string of the molecule is COc1ccc(-c2cc(=O)n(NO)cc2F)c(F)c1. The zero-order valence-corrected chi connectivity index (χ0v) is 9.85. The fourth-order valence-corrected chi connectivity index (χ4v) is 1.63. The predicted molar refractivity (Wildman–Crippen MR) is 63.8 cm³/mol. The van der Waals surface area contributed by atoms with Crippen LogP contribution in [0.1, 0.15) is 0 Å². The molecule has 1 aromatic carbocycles. The van der Waals surface area contributed by atoms with E-state index in [1.807, 2.05) is 0 Å². The number of nitrogens with zero attached hydrogens (tertiary/aromatic N) is 1. The molecule has 2 aromatic rings. The number of hydrogen-bond acceptors (Lipinski definition) is 4. The maximum Gasteiger partial charge on any atom is 0.271 e.